The van der Waals surface area contributed by atoms with Gasteiger partial charge in [-0.1, -0.05) is 18.2 Å². The highest BCUT2D eigenvalue weighted by Gasteiger charge is 2.28. The first-order valence-corrected chi connectivity index (χ1v) is 13.1. The molecule has 0 bridgehead atoms. The summed E-state index contributed by atoms with van der Waals surface area (Å²) in [4.78, 5) is 44.7. The Morgan fingerprint density at radius 1 is 1.05 bits per heavy atom. The predicted octanol–water partition coefficient (Wildman–Crippen LogP) is 3.34. The quantitative estimate of drug-likeness (QED) is 0.338. The van der Waals surface area contributed by atoms with Crippen molar-refractivity contribution in [1.29, 1.82) is 0 Å². The molecule has 0 atom stereocenters. The summed E-state index contributed by atoms with van der Waals surface area (Å²) in [5.74, 6) is -0.226. The van der Waals surface area contributed by atoms with Crippen LogP contribution in [-0.4, -0.2) is 62.2 Å². The third-order valence-corrected chi connectivity index (χ3v) is 6.96. The molecule has 4 aromatic rings. The van der Waals surface area contributed by atoms with E-state index in [0.29, 0.717) is 60.9 Å². The molecule has 202 valence electrons. The Morgan fingerprint density at radius 2 is 1.79 bits per heavy atom. The van der Waals surface area contributed by atoms with Gasteiger partial charge in [-0.3, -0.25) is 18.8 Å². The fourth-order valence-electron chi connectivity index (χ4n) is 4.93. The number of aromatic nitrogens is 4. The molecule has 39 heavy (non-hydrogen) atoms. The van der Waals surface area contributed by atoms with E-state index in [1.54, 1.807) is 41.8 Å². The van der Waals surface area contributed by atoms with E-state index in [1.807, 2.05) is 43.3 Å². The molecule has 3 aromatic heterocycles. The monoisotopic (exact) mass is 529 g/mol. The molecule has 1 aliphatic heterocycles. The lowest BCUT2D eigenvalue weighted by Crippen LogP contribution is -2.42. The Balaban J connectivity index is 1.35. The Hall–Kier alpha value is -4.47. The lowest BCUT2D eigenvalue weighted by atomic mass is 9.97. The highest BCUT2D eigenvalue weighted by Crippen LogP contribution is 2.24. The third-order valence-electron chi connectivity index (χ3n) is 6.96. The lowest BCUT2D eigenvalue weighted by Gasteiger charge is -2.30. The number of aryl methyl sites for hydroxylation is 2. The SMILES string of the molecule is CCOC(=O)C1CCN(C(=O)COc2cccn3c(=O)c(-c4cc(C)n(-c5ccccc5)n4)c(C)nc23)CC1. The number of nitrogens with zero attached hydrogens (tertiary/aromatic N) is 5. The first-order chi connectivity index (χ1) is 18.9. The van der Waals surface area contributed by atoms with E-state index >= 15 is 0 Å². The zero-order valence-electron chi connectivity index (χ0n) is 22.3. The third kappa shape index (κ3) is 5.27. The summed E-state index contributed by atoms with van der Waals surface area (Å²) in [5, 5.41) is 4.69. The predicted molar refractivity (Wildman–Crippen MR) is 145 cm³/mol. The summed E-state index contributed by atoms with van der Waals surface area (Å²) in [6, 6.07) is 15.0. The van der Waals surface area contributed by atoms with Crippen molar-refractivity contribution in [2.75, 3.05) is 26.3 Å². The maximum absolute atomic E-state index is 13.6. The van der Waals surface area contributed by atoms with Crippen LogP contribution in [-0.2, 0) is 14.3 Å². The molecule has 0 N–H and O–H groups in total. The van der Waals surface area contributed by atoms with Crippen molar-refractivity contribution in [1.82, 2.24) is 24.1 Å². The largest absolute Gasteiger partial charge is 0.480 e. The van der Waals surface area contributed by atoms with Gasteiger partial charge in [0.05, 0.1) is 29.5 Å². The number of piperidine rings is 1. The molecule has 10 nitrogen and oxygen atoms in total. The minimum atomic E-state index is -0.270. The maximum Gasteiger partial charge on any atom is 0.309 e. The van der Waals surface area contributed by atoms with Crippen LogP contribution in [0.15, 0.2) is 59.5 Å². The van der Waals surface area contributed by atoms with Crippen molar-refractivity contribution in [2.45, 2.75) is 33.6 Å². The van der Waals surface area contributed by atoms with Crippen molar-refractivity contribution in [3.8, 4) is 22.7 Å². The number of likely N-dealkylation sites (tertiary alicyclic amines) is 1. The number of para-hydroxylation sites is 1. The number of carbonyl (C=O) groups excluding carboxylic acids is 2. The highest BCUT2D eigenvalue weighted by atomic mass is 16.5. The molecule has 1 aliphatic rings. The lowest BCUT2D eigenvalue weighted by molar-refractivity contribution is -0.151. The van der Waals surface area contributed by atoms with E-state index in [0.717, 1.165) is 11.4 Å². The van der Waals surface area contributed by atoms with Crippen molar-refractivity contribution < 1.29 is 19.1 Å². The zero-order chi connectivity index (χ0) is 27.5. The van der Waals surface area contributed by atoms with Gasteiger partial charge in [-0.2, -0.15) is 5.10 Å². The first-order valence-electron chi connectivity index (χ1n) is 13.1. The molecule has 5 rings (SSSR count). The maximum atomic E-state index is 13.6. The van der Waals surface area contributed by atoms with Crippen LogP contribution in [0.2, 0.25) is 0 Å². The highest BCUT2D eigenvalue weighted by molar-refractivity contribution is 5.79. The van der Waals surface area contributed by atoms with Crippen LogP contribution in [0.5, 0.6) is 5.75 Å². The summed E-state index contributed by atoms with van der Waals surface area (Å²) < 4.78 is 14.2. The van der Waals surface area contributed by atoms with E-state index in [4.69, 9.17) is 14.6 Å². The second-order valence-electron chi connectivity index (χ2n) is 9.56. The van der Waals surface area contributed by atoms with E-state index in [-0.39, 0.29) is 30.0 Å². The fraction of sp³-hybridized carbons (Fsp3) is 0.345. The zero-order valence-corrected chi connectivity index (χ0v) is 22.3. The molecule has 1 saturated heterocycles. The van der Waals surface area contributed by atoms with Crippen LogP contribution in [0.3, 0.4) is 0 Å². The van der Waals surface area contributed by atoms with Gasteiger partial charge in [-0.15, -0.1) is 0 Å². The number of ether oxygens (including phenoxy) is 2. The Labute approximate surface area is 225 Å². The van der Waals surface area contributed by atoms with E-state index in [1.165, 1.54) is 4.40 Å². The van der Waals surface area contributed by atoms with Gasteiger partial charge in [0.2, 0.25) is 0 Å². The number of pyridine rings is 1. The molecule has 1 aromatic carbocycles. The van der Waals surface area contributed by atoms with Gasteiger partial charge in [0, 0.05) is 25.0 Å². The topological polar surface area (TPSA) is 108 Å². The summed E-state index contributed by atoms with van der Waals surface area (Å²) in [6.45, 7) is 6.59. The number of hydrogen-bond acceptors (Lipinski definition) is 7. The Bertz CT molecular complexity index is 1570. The van der Waals surface area contributed by atoms with Crippen molar-refractivity contribution in [3.63, 3.8) is 0 Å². The Kier molecular flexibility index (Phi) is 7.44. The van der Waals surface area contributed by atoms with Crippen molar-refractivity contribution in [3.05, 3.63) is 76.5 Å². The molecule has 10 heteroatoms. The summed E-state index contributed by atoms with van der Waals surface area (Å²) in [7, 11) is 0. The van der Waals surface area contributed by atoms with E-state index < -0.39 is 0 Å². The van der Waals surface area contributed by atoms with Gasteiger partial charge in [0.25, 0.3) is 11.5 Å². The summed E-state index contributed by atoms with van der Waals surface area (Å²) in [5.41, 5.74) is 3.31. The number of amides is 1. The van der Waals surface area contributed by atoms with E-state index in [9.17, 15) is 14.4 Å². The van der Waals surface area contributed by atoms with Gasteiger partial charge in [-0.05, 0) is 63.9 Å². The van der Waals surface area contributed by atoms with Gasteiger partial charge >= 0.3 is 5.97 Å². The number of fused-ring (bicyclic) bond motifs is 1. The van der Waals surface area contributed by atoms with Gasteiger partial charge in [0.1, 0.15) is 5.69 Å². The second-order valence-corrected chi connectivity index (χ2v) is 9.56. The molecule has 0 aliphatic carbocycles. The van der Waals surface area contributed by atoms with Crippen LogP contribution in [0, 0.1) is 19.8 Å². The average Bonchev–Trinajstić information content (AvgIpc) is 3.33. The molecule has 0 radical (unpaired) electrons. The van der Waals surface area contributed by atoms with Crippen LogP contribution < -0.4 is 10.3 Å². The van der Waals surface area contributed by atoms with Crippen LogP contribution in [0.1, 0.15) is 31.2 Å². The Morgan fingerprint density at radius 3 is 2.51 bits per heavy atom. The van der Waals surface area contributed by atoms with E-state index in [2.05, 4.69) is 4.98 Å². The minimum Gasteiger partial charge on any atom is -0.480 e. The molecule has 1 fully saturated rings. The van der Waals surface area contributed by atoms with Gasteiger partial charge in [-0.25, -0.2) is 9.67 Å². The first kappa shape index (κ1) is 26.1. The smallest absolute Gasteiger partial charge is 0.309 e. The normalized spacial score (nSPS) is 14.0. The van der Waals surface area contributed by atoms with Crippen LogP contribution >= 0.6 is 0 Å². The molecular formula is C29H31N5O5. The van der Waals surface area contributed by atoms with Gasteiger partial charge in [0.15, 0.2) is 18.0 Å². The minimum absolute atomic E-state index is 0.177. The number of benzene rings is 1. The van der Waals surface area contributed by atoms with Crippen LogP contribution in [0.25, 0.3) is 22.6 Å². The fourth-order valence-corrected chi connectivity index (χ4v) is 4.93. The standard InChI is InChI=1S/C29H31N5O5/c1-4-38-29(37)21-12-15-32(16-13-21)25(35)18-39-24-11-8-14-33-27(24)30-20(3)26(28(33)36)23-17-19(2)34(31-23)22-9-6-5-7-10-22/h5-11,14,17,21H,4,12-13,15-16,18H2,1-3H3. The number of esters is 1. The number of carbonyl (C=O) groups is 2. The molecule has 1 amide bonds. The number of rotatable bonds is 7. The molecule has 0 saturated carbocycles. The van der Waals surface area contributed by atoms with Gasteiger partial charge < -0.3 is 14.4 Å². The summed E-state index contributed by atoms with van der Waals surface area (Å²) in [6.07, 6.45) is 2.76. The van der Waals surface area contributed by atoms with Crippen molar-refractivity contribution in [2.24, 2.45) is 5.92 Å². The summed E-state index contributed by atoms with van der Waals surface area (Å²) >= 11 is 0. The molecule has 0 unspecified atom stereocenters. The number of hydrogen-bond donors (Lipinski definition) is 0. The van der Waals surface area contributed by atoms with Crippen LogP contribution in [0.4, 0.5) is 0 Å². The van der Waals surface area contributed by atoms with Crippen molar-refractivity contribution >= 4 is 17.5 Å². The second kappa shape index (κ2) is 11.1. The molecule has 4 heterocycles. The molecular weight excluding hydrogens is 498 g/mol. The average molecular weight is 530 g/mol. The molecule has 0 spiro atoms.